The molecule has 1 unspecified atom stereocenters. The molecule has 2 aliphatic rings. The fraction of sp³-hybridized carbons (Fsp3) is 0.778. The molecule has 28 heavy (non-hydrogen) atoms. The average molecular weight is 396 g/mol. The van der Waals surface area contributed by atoms with Crippen LogP contribution in [0.15, 0.2) is 4.99 Å². The first-order valence-electron chi connectivity index (χ1n) is 9.93. The number of carbonyl (C=O) groups excluding carboxylic acids is 2. The number of amides is 2. The van der Waals surface area contributed by atoms with Crippen LogP contribution in [0, 0.1) is 0 Å². The van der Waals surface area contributed by atoms with Crippen molar-refractivity contribution < 1.29 is 19.5 Å². The van der Waals surface area contributed by atoms with E-state index < -0.39 is 30.0 Å². The first-order valence-corrected chi connectivity index (χ1v) is 9.93. The smallest absolute Gasteiger partial charge is 0.325 e. The zero-order chi connectivity index (χ0) is 20.7. The molecule has 1 saturated carbocycles. The minimum atomic E-state index is -1.13. The fourth-order valence-corrected chi connectivity index (χ4v) is 3.48. The Morgan fingerprint density at radius 2 is 1.79 bits per heavy atom. The van der Waals surface area contributed by atoms with Crippen molar-refractivity contribution in [3.05, 3.63) is 0 Å². The number of carbonyl (C=O) groups is 3. The van der Waals surface area contributed by atoms with Crippen LogP contribution >= 0.6 is 0 Å². The zero-order valence-corrected chi connectivity index (χ0v) is 16.5. The summed E-state index contributed by atoms with van der Waals surface area (Å²) >= 11 is 0. The van der Waals surface area contributed by atoms with E-state index in [9.17, 15) is 14.4 Å². The number of carboxylic acids is 1. The summed E-state index contributed by atoms with van der Waals surface area (Å²) in [6, 6.07) is -2.04. The number of hydrogen-bond acceptors (Lipinski definition) is 5. The van der Waals surface area contributed by atoms with Gasteiger partial charge in [0.15, 0.2) is 5.96 Å². The van der Waals surface area contributed by atoms with Crippen molar-refractivity contribution in [2.45, 2.75) is 82.6 Å². The number of aliphatic imine (C=N–C) groups is 1. The van der Waals surface area contributed by atoms with Crippen molar-refractivity contribution in [2.24, 2.45) is 10.7 Å². The summed E-state index contributed by atoms with van der Waals surface area (Å²) in [6.07, 6.45) is 6.28. The normalized spacial score (nSPS) is 25.6. The number of guanidine groups is 1. The lowest BCUT2D eigenvalue weighted by molar-refractivity contribution is -0.141. The molecule has 0 bridgehead atoms. The van der Waals surface area contributed by atoms with Gasteiger partial charge in [0.1, 0.15) is 12.1 Å². The monoisotopic (exact) mass is 396 g/mol. The second kappa shape index (κ2) is 10.3. The molecular formula is C18H32N6O4. The van der Waals surface area contributed by atoms with Crippen LogP contribution in [-0.4, -0.2) is 65.6 Å². The lowest BCUT2D eigenvalue weighted by Gasteiger charge is -2.20. The van der Waals surface area contributed by atoms with E-state index in [1.54, 1.807) is 0 Å². The predicted octanol–water partition coefficient (Wildman–Crippen LogP) is -0.952. The van der Waals surface area contributed by atoms with Gasteiger partial charge in [0, 0.05) is 12.6 Å². The lowest BCUT2D eigenvalue weighted by Crippen LogP contribution is -2.52. The Hall–Kier alpha value is -2.36. The van der Waals surface area contributed by atoms with Gasteiger partial charge in [-0.2, -0.15) is 0 Å². The molecule has 7 N–H and O–H groups in total. The van der Waals surface area contributed by atoms with Gasteiger partial charge in [-0.3, -0.25) is 19.4 Å². The third-order valence-corrected chi connectivity index (χ3v) is 5.18. The number of aliphatic carboxylic acids is 1. The highest BCUT2D eigenvalue weighted by Gasteiger charge is 2.31. The second-order valence-corrected chi connectivity index (χ2v) is 7.64. The molecule has 0 aromatic carbocycles. The van der Waals surface area contributed by atoms with Crippen molar-refractivity contribution in [1.29, 1.82) is 0 Å². The van der Waals surface area contributed by atoms with Gasteiger partial charge in [0.25, 0.3) is 0 Å². The topological polar surface area (TPSA) is 158 Å². The van der Waals surface area contributed by atoms with Crippen LogP contribution in [0.25, 0.3) is 0 Å². The zero-order valence-electron chi connectivity index (χ0n) is 16.5. The van der Waals surface area contributed by atoms with Gasteiger partial charge >= 0.3 is 5.97 Å². The minimum Gasteiger partial charge on any atom is -0.480 e. The lowest BCUT2D eigenvalue weighted by atomic mass is 9.96. The second-order valence-electron chi connectivity index (χ2n) is 7.64. The van der Waals surface area contributed by atoms with Gasteiger partial charge in [0.05, 0.1) is 12.1 Å². The molecule has 1 saturated heterocycles. The Balaban J connectivity index is 1.76. The maximum atomic E-state index is 12.4. The average Bonchev–Trinajstić information content (AvgIpc) is 3.10. The highest BCUT2D eigenvalue weighted by molar-refractivity contribution is 5.91. The highest BCUT2D eigenvalue weighted by Crippen LogP contribution is 2.20. The Morgan fingerprint density at radius 1 is 1.11 bits per heavy atom. The summed E-state index contributed by atoms with van der Waals surface area (Å²) in [5.74, 6) is -1.57. The summed E-state index contributed by atoms with van der Waals surface area (Å²) < 4.78 is 0. The molecule has 0 aromatic rings. The number of nitrogens with one attached hydrogen (secondary N) is 4. The molecule has 4 atom stereocenters. The molecular weight excluding hydrogens is 364 g/mol. The Labute approximate surface area is 165 Å². The molecule has 2 rings (SSSR count). The molecule has 0 spiro atoms. The van der Waals surface area contributed by atoms with Gasteiger partial charge in [0.2, 0.25) is 11.8 Å². The molecule has 1 heterocycles. The van der Waals surface area contributed by atoms with Crippen LogP contribution in [0.4, 0.5) is 0 Å². The molecule has 0 radical (unpaired) electrons. The summed E-state index contributed by atoms with van der Waals surface area (Å²) in [5.41, 5.74) is 6.01. The largest absolute Gasteiger partial charge is 0.480 e. The van der Waals surface area contributed by atoms with E-state index >= 15 is 0 Å². The quantitative estimate of drug-likeness (QED) is 0.239. The van der Waals surface area contributed by atoms with E-state index in [4.69, 9.17) is 10.8 Å². The maximum Gasteiger partial charge on any atom is 0.325 e. The first-order chi connectivity index (χ1) is 13.3. The summed E-state index contributed by atoms with van der Waals surface area (Å²) in [5, 5.41) is 20.0. The van der Waals surface area contributed by atoms with Crippen molar-refractivity contribution >= 4 is 23.7 Å². The number of nitrogens with zero attached hydrogens (tertiary/aromatic N) is 1. The Bertz CT molecular complexity index is 605. The van der Waals surface area contributed by atoms with Gasteiger partial charge in [-0.15, -0.1) is 0 Å². The molecule has 1 aliphatic heterocycles. The molecule has 0 aromatic heterocycles. The van der Waals surface area contributed by atoms with Crippen LogP contribution in [0.5, 0.6) is 0 Å². The van der Waals surface area contributed by atoms with Crippen molar-refractivity contribution in [2.75, 3.05) is 6.54 Å². The highest BCUT2D eigenvalue weighted by atomic mass is 16.4. The standard InChI is InChI=1S/C18H32N6O4/c1-10(15(25)22-11(2)17(27)28)21-16(26)14-8-13(9-20-14)24-18(19)23-12-6-4-3-5-7-12/h10-14,20H,3-9H2,1-2H3,(H,21,26)(H,22,25)(H,27,28)(H3,19,23,24)/t10-,11-,13+,14?/m0/s1. The van der Waals surface area contributed by atoms with Crippen LogP contribution in [0.1, 0.15) is 52.4 Å². The summed E-state index contributed by atoms with van der Waals surface area (Å²) in [7, 11) is 0. The van der Waals surface area contributed by atoms with Crippen LogP contribution < -0.4 is 27.0 Å². The van der Waals surface area contributed by atoms with Crippen LogP contribution in [0.2, 0.25) is 0 Å². The Morgan fingerprint density at radius 3 is 2.43 bits per heavy atom. The van der Waals surface area contributed by atoms with Gasteiger partial charge in [-0.05, 0) is 33.1 Å². The predicted molar refractivity (Wildman–Crippen MR) is 105 cm³/mol. The molecule has 1 aliphatic carbocycles. The maximum absolute atomic E-state index is 12.4. The van der Waals surface area contributed by atoms with Crippen molar-refractivity contribution in [1.82, 2.24) is 21.3 Å². The van der Waals surface area contributed by atoms with E-state index in [2.05, 4.69) is 26.3 Å². The van der Waals surface area contributed by atoms with Crippen molar-refractivity contribution in [3.63, 3.8) is 0 Å². The van der Waals surface area contributed by atoms with Gasteiger partial charge in [-0.1, -0.05) is 19.3 Å². The number of nitrogens with two attached hydrogens (primary N) is 1. The van der Waals surface area contributed by atoms with Gasteiger partial charge in [-0.25, -0.2) is 0 Å². The Kier molecular flexibility index (Phi) is 8.04. The van der Waals surface area contributed by atoms with E-state index in [0.717, 1.165) is 12.8 Å². The number of rotatable bonds is 7. The molecule has 158 valence electrons. The van der Waals surface area contributed by atoms with Crippen LogP contribution in [0.3, 0.4) is 0 Å². The fourth-order valence-electron chi connectivity index (χ4n) is 3.48. The molecule has 2 amide bonds. The van der Waals surface area contributed by atoms with Crippen LogP contribution in [-0.2, 0) is 14.4 Å². The van der Waals surface area contributed by atoms with E-state index in [0.29, 0.717) is 18.9 Å². The third-order valence-electron chi connectivity index (χ3n) is 5.18. The summed E-state index contributed by atoms with van der Waals surface area (Å²) in [6.45, 7) is 3.44. The third kappa shape index (κ3) is 6.66. The molecule has 2 fully saturated rings. The SMILES string of the molecule is C[C@H](NC(=O)[C@H](C)NC(=O)C1C[C@@H](NC(N)=NC2CCCCC2)CN1)C(=O)O. The van der Waals surface area contributed by atoms with E-state index in [1.807, 2.05) is 0 Å². The van der Waals surface area contributed by atoms with E-state index in [1.165, 1.54) is 33.1 Å². The number of carboxylic acid groups (broad SMARTS) is 1. The van der Waals surface area contributed by atoms with Gasteiger partial charge < -0.3 is 32.1 Å². The minimum absolute atomic E-state index is 0.0146. The summed E-state index contributed by atoms with van der Waals surface area (Å²) in [4.78, 5) is 39.7. The molecule has 10 heteroatoms. The first kappa shape index (κ1) is 21.9. The molecule has 10 nitrogen and oxygen atoms in total. The van der Waals surface area contributed by atoms with Crippen molar-refractivity contribution in [3.8, 4) is 0 Å². The number of hydrogen-bond donors (Lipinski definition) is 6. The van der Waals surface area contributed by atoms with E-state index in [-0.39, 0.29) is 18.0 Å².